The second kappa shape index (κ2) is 7.46. The number of amides is 1. The smallest absolute Gasteiger partial charge is 0.247 e. The Morgan fingerprint density at radius 3 is 2.59 bits per heavy atom. The van der Waals surface area contributed by atoms with Crippen molar-refractivity contribution in [2.75, 3.05) is 27.9 Å². The lowest BCUT2D eigenvalue weighted by Gasteiger charge is -2.38. The summed E-state index contributed by atoms with van der Waals surface area (Å²) in [6.07, 6.45) is 2.99. The van der Waals surface area contributed by atoms with Crippen LogP contribution < -0.4 is 20.9 Å². The number of nitrogens with one attached hydrogen (secondary N) is 3. The zero-order chi connectivity index (χ0) is 20.7. The van der Waals surface area contributed by atoms with Crippen LogP contribution in [0.4, 0.5) is 27.7 Å². The Labute approximate surface area is 169 Å². The Morgan fingerprint density at radius 1 is 1.21 bits per heavy atom. The highest BCUT2D eigenvalue weighted by molar-refractivity contribution is 6.03. The van der Waals surface area contributed by atoms with Gasteiger partial charge in [0.05, 0.1) is 11.9 Å². The minimum atomic E-state index is -0.343. The van der Waals surface area contributed by atoms with Gasteiger partial charge in [-0.3, -0.25) is 4.79 Å². The fourth-order valence-electron chi connectivity index (χ4n) is 3.99. The van der Waals surface area contributed by atoms with Crippen LogP contribution in [0, 0.1) is 18.7 Å². The van der Waals surface area contributed by atoms with Gasteiger partial charge in [0.2, 0.25) is 11.9 Å². The van der Waals surface area contributed by atoms with Gasteiger partial charge in [0.15, 0.2) is 5.82 Å². The Bertz CT molecular complexity index is 912. The molecule has 2 aliphatic rings. The lowest BCUT2D eigenvalue weighted by Crippen LogP contribution is -2.50. The number of halogens is 1. The van der Waals surface area contributed by atoms with E-state index >= 15 is 0 Å². The van der Waals surface area contributed by atoms with Gasteiger partial charge < -0.3 is 20.9 Å². The second-order valence-corrected chi connectivity index (χ2v) is 8.14. The van der Waals surface area contributed by atoms with Gasteiger partial charge in [0.25, 0.3) is 0 Å². The largest absolute Gasteiger partial charge is 0.367 e. The van der Waals surface area contributed by atoms with E-state index in [-0.39, 0.29) is 35.8 Å². The number of hydrogen-bond donors (Lipinski definition) is 3. The van der Waals surface area contributed by atoms with Gasteiger partial charge in [-0.2, -0.15) is 4.98 Å². The zero-order valence-corrected chi connectivity index (χ0v) is 17.0. The number of likely N-dealkylation sites (N-methyl/N-ethyl adjacent to an activating group) is 1. The van der Waals surface area contributed by atoms with E-state index in [1.54, 1.807) is 6.07 Å². The quantitative estimate of drug-likeness (QED) is 0.712. The maximum absolute atomic E-state index is 13.0. The molecule has 0 radical (unpaired) electrons. The predicted molar refractivity (Wildman–Crippen MR) is 111 cm³/mol. The number of hydrogen-bond acceptors (Lipinski definition) is 7. The molecule has 154 valence electrons. The first-order valence-electron chi connectivity index (χ1n) is 9.88. The van der Waals surface area contributed by atoms with E-state index in [1.807, 2.05) is 32.7 Å². The fraction of sp³-hybridized carbons (Fsp3) is 0.500. The molecular formula is C20H26FN7O. The summed E-state index contributed by atoms with van der Waals surface area (Å²) in [6.45, 7) is 5.92. The molecule has 2 aromatic heterocycles. The molecule has 9 heteroatoms. The Balaban J connectivity index is 1.41. The Hall–Kier alpha value is -2.97. The number of pyridine rings is 1. The maximum atomic E-state index is 13.0. The normalized spacial score (nSPS) is 23.3. The van der Waals surface area contributed by atoms with Crippen molar-refractivity contribution in [2.24, 2.45) is 5.92 Å². The van der Waals surface area contributed by atoms with Crippen LogP contribution in [0.1, 0.15) is 32.4 Å². The van der Waals surface area contributed by atoms with E-state index in [2.05, 4.69) is 30.9 Å². The van der Waals surface area contributed by atoms with Gasteiger partial charge in [0.1, 0.15) is 23.4 Å². The zero-order valence-electron chi connectivity index (χ0n) is 17.0. The molecule has 0 spiro atoms. The SMILES string of the molecule is Cc1nc(N[C@H]2C[C@@H](Nc3ccc(F)cn3)C2)nc2c1NC(=O)[C@H](C(C)C)N2C. The summed E-state index contributed by atoms with van der Waals surface area (Å²) < 4.78 is 13.0. The molecule has 0 bridgehead atoms. The average Bonchev–Trinajstić information content (AvgIpc) is 2.62. The summed E-state index contributed by atoms with van der Waals surface area (Å²) in [5, 5.41) is 9.65. The molecule has 1 saturated carbocycles. The van der Waals surface area contributed by atoms with Crippen LogP contribution in [-0.2, 0) is 4.79 Å². The molecule has 1 aliphatic heterocycles. The molecule has 1 fully saturated rings. The lowest BCUT2D eigenvalue weighted by molar-refractivity contribution is -0.118. The highest BCUT2D eigenvalue weighted by Crippen LogP contribution is 2.35. The minimum Gasteiger partial charge on any atom is -0.367 e. The van der Waals surface area contributed by atoms with Crippen LogP contribution in [0.5, 0.6) is 0 Å². The Morgan fingerprint density at radius 2 is 1.93 bits per heavy atom. The number of nitrogens with zero attached hydrogens (tertiary/aromatic N) is 4. The first-order chi connectivity index (χ1) is 13.8. The summed E-state index contributed by atoms with van der Waals surface area (Å²) in [7, 11) is 1.90. The number of carbonyl (C=O) groups excluding carboxylic acids is 1. The molecule has 2 aromatic rings. The van der Waals surface area contributed by atoms with E-state index in [1.165, 1.54) is 12.3 Å². The van der Waals surface area contributed by atoms with Crippen LogP contribution in [0.2, 0.25) is 0 Å². The molecule has 0 aromatic carbocycles. The number of fused-ring (bicyclic) bond motifs is 1. The second-order valence-electron chi connectivity index (χ2n) is 8.14. The topological polar surface area (TPSA) is 95.1 Å². The fourth-order valence-corrected chi connectivity index (χ4v) is 3.99. The van der Waals surface area contributed by atoms with E-state index in [4.69, 9.17) is 0 Å². The summed E-state index contributed by atoms with van der Waals surface area (Å²) >= 11 is 0. The van der Waals surface area contributed by atoms with Crippen molar-refractivity contribution in [2.45, 2.75) is 51.7 Å². The van der Waals surface area contributed by atoms with Crippen molar-refractivity contribution >= 4 is 29.2 Å². The summed E-state index contributed by atoms with van der Waals surface area (Å²) in [5.41, 5.74) is 1.42. The van der Waals surface area contributed by atoms with Crippen LogP contribution in [0.15, 0.2) is 18.3 Å². The van der Waals surface area contributed by atoms with Gasteiger partial charge in [-0.1, -0.05) is 13.8 Å². The van der Waals surface area contributed by atoms with Crippen LogP contribution in [-0.4, -0.2) is 46.0 Å². The van der Waals surface area contributed by atoms with E-state index in [0.29, 0.717) is 17.5 Å². The number of aryl methyl sites for hydroxylation is 1. The van der Waals surface area contributed by atoms with Crippen molar-refractivity contribution < 1.29 is 9.18 Å². The van der Waals surface area contributed by atoms with Crippen LogP contribution in [0.25, 0.3) is 0 Å². The van der Waals surface area contributed by atoms with Crippen molar-refractivity contribution in [1.29, 1.82) is 0 Å². The predicted octanol–water partition coefficient (Wildman–Crippen LogP) is 2.79. The third kappa shape index (κ3) is 3.81. The number of anilines is 4. The molecule has 29 heavy (non-hydrogen) atoms. The molecule has 3 heterocycles. The molecule has 1 aliphatic carbocycles. The van der Waals surface area contributed by atoms with Gasteiger partial charge in [-0.05, 0) is 37.8 Å². The van der Waals surface area contributed by atoms with Crippen molar-refractivity contribution in [1.82, 2.24) is 15.0 Å². The van der Waals surface area contributed by atoms with Crippen LogP contribution >= 0.6 is 0 Å². The lowest BCUT2D eigenvalue weighted by atomic mass is 9.87. The van der Waals surface area contributed by atoms with Gasteiger partial charge in [-0.15, -0.1) is 0 Å². The number of aromatic nitrogens is 3. The first kappa shape index (κ1) is 19.4. The molecule has 0 saturated heterocycles. The highest BCUT2D eigenvalue weighted by Gasteiger charge is 2.36. The third-order valence-electron chi connectivity index (χ3n) is 5.52. The van der Waals surface area contributed by atoms with Gasteiger partial charge >= 0.3 is 0 Å². The molecule has 0 unspecified atom stereocenters. The van der Waals surface area contributed by atoms with Crippen molar-refractivity contribution in [3.05, 3.63) is 29.8 Å². The minimum absolute atomic E-state index is 0.0234. The molecular weight excluding hydrogens is 373 g/mol. The van der Waals surface area contributed by atoms with Crippen LogP contribution in [0.3, 0.4) is 0 Å². The molecule has 3 N–H and O–H groups in total. The maximum Gasteiger partial charge on any atom is 0.247 e. The summed E-state index contributed by atoms with van der Waals surface area (Å²) in [6, 6.07) is 3.30. The average molecular weight is 399 g/mol. The standard InChI is InChI=1S/C20H26FN7O/c1-10(2)17-19(29)26-16-11(3)23-20(27-18(16)28(17)4)25-14-7-13(8-14)24-15-6-5-12(21)9-22-15/h5-6,9-10,13-14,17H,7-8H2,1-4H3,(H,22,24)(H,26,29)(H,23,25,27)/t13-,14+,17-/m0/s1. The van der Waals surface area contributed by atoms with Gasteiger partial charge in [-0.25, -0.2) is 14.4 Å². The Kier molecular flexibility index (Phi) is 4.97. The molecule has 8 nitrogen and oxygen atoms in total. The van der Waals surface area contributed by atoms with E-state index in [0.717, 1.165) is 24.4 Å². The summed E-state index contributed by atoms with van der Waals surface area (Å²) in [4.78, 5) is 27.6. The molecule has 1 amide bonds. The molecule has 4 rings (SSSR count). The molecule has 1 atom stereocenters. The van der Waals surface area contributed by atoms with E-state index in [9.17, 15) is 9.18 Å². The van der Waals surface area contributed by atoms with Crippen molar-refractivity contribution in [3.63, 3.8) is 0 Å². The monoisotopic (exact) mass is 399 g/mol. The van der Waals surface area contributed by atoms with Gasteiger partial charge in [0, 0.05) is 19.1 Å². The number of carbonyl (C=O) groups is 1. The van der Waals surface area contributed by atoms with Crippen molar-refractivity contribution in [3.8, 4) is 0 Å². The first-order valence-corrected chi connectivity index (χ1v) is 9.88. The number of rotatable bonds is 5. The van der Waals surface area contributed by atoms with E-state index < -0.39 is 0 Å². The summed E-state index contributed by atoms with van der Waals surface area (Å²) in [5.74, 6) is 1.78. The highest BCUT2D eigenvalue weighted by atomic mass is 19.1. The third-order valence-corrected chi connectivity index (χ3v) is 5.52.